The van der Waals surface area contributed by atoms with E-state index in [2.05, 4.69) is 31.9 Å². The molecule has 0 amide bonds. The quantitative estimate of drug-likeness (QED) is 0.769. The second-order valence-electron chi connectivity index (χ2n) is 10.5. The van der Waals surface area contributed by atoms with Gasteiger partial charge in [-0.2, -0.15) is 0 Å². The number of phenols is 1. The molecular weight excluding hydrogens is 378 g/mol. The molecule has 2 bridgehead atoms. The van der Waals surface area contributed by atoms with Crippen molar-refractivity contribution in [3.05, 3.63) is 23.3 Å². The Hall–Kier alpha value is -1.30. The van der Waals surface area contributed by atoms with Crippen LogP contribution in [0.5, 0.6) is 11.5 Å². The topological polar surface area (TPSA) is 62.2 Å². The molecule has 1 saturated heterocycles. The minimum Gasteiger partial charge on any atom is -0.504 e. The highest BCUT2D eigenvalue weighted by atomic mass is 16.5. The van der Waals surface area contributed by atoms with Gasteiger partial charge in [-0.25, -0.2) is 0 Å². The molecule has 5 nitrogen and oxygen atoms in total. The van der Waals surface area contributed by atoms with E-state index >= 15 is 0 Å². The van der Waals surface area contributed by atoms with Gasteiger partial charge in [-0.1, -0.05) is 26.3 Å². The summed E-state index contributed by atoms with van der Waals surface area (Å²) in [4.78, 5) is 2.54. The number of phenolic OH excluding ortho intramolecular Hbond substituents is 1. The molecule has 0 radical (unpaired) electrons. The number of piperidine rings is 1. The molecule has 2 N–H and O–H groups in total. The maximum Gasteiger partial charge on any atom is 0.165 e. The first-order valence-corrected chi connectivity index (χ1v) is 11.7. The zero-order valence-corrected chi connectivity index (χ0v) is 19.1. The van der Waals surface area contributed by atoms with Crippen LogP contribution in [0, 0.1) is 11.3 Å². The molecule has 1 saturated carbocycles. The third-order valence-corrected chi connectivity index (χ3v) is 9.47. The molecule has 2 aliphatic carbocycles. The Labute approximate surface area is 180 Å². The monoisotopic (exact) mass is 415 g/mol. The van der Waals surface area contributed by atoms with Crippen LogP contribution in [0.2, 0.25) is 0 Å². The van der Waals surface area contributed by atoms with E-state index in [0.717, 1.165) is 45.1 Å². The largest absolute Gasteiger partial charge is 0.504 e. The molecule has 2 aliphatic heterocycles. The van der Waals surface area contributed by atoms with Crippen LogP contribution in [0.1, 0.15) is 64.0 Å². The predicted octanol–water partition coefficient (Wildman–Crippen LogP) is 3.63. The van der Waals surface area contributed by atoms with E-state index in [1.807, 2.05) is 6.92 Å². The van der Waals surface area contributed by atoms with Crippen molar-refractivity contribution in [1.82, 2.24) is 4.90 Å². The maximum absolute atomic E-state index is 11.6. The summed E-state index contributed by atoms with van der Waals surface area (Å²) in [6.07, 6.45) is 5.25. The van der Waals surface area contributed by atoms with Gasteiger partial charge < -0.3 is 24.6 Å². The standard InChI is InChI=1S/C25H37NO4/c1-6-10-23(3,28)16-14-24(7-2)18-13-15-8-9-17(27)21-19(15)25(24,11-12-26(18)4)22(30-21)20(16)29-5/h8-9,16,18,20,22,27-28H,6-7,10-14H2,1-5H3/t16?,18-,20+,22+,23-,24-,25+/m0/s1. The number of likely N-dealkylation sites (N-methyl/N-ethyl adjacent to an activating group) is 1. The molecule has 0 aromatic heterocycles. The Balaban J connectivity index is 1.77. The zero-order valence-electron chi connectivity index (χ0n) is 19.1. The number of aromatic hydroxyl groups is 1. The highest BCUT2D eigenvalue weighted by Crippen LogP contribution is 2.71. The number of benzene rings is 1. The van der Waals surface area contributed by atoms with Gasteiger partial charge in [-0.05, 0) is 69.7 Å². The molecule has 1 aromatic carbocycles. The average molecular weight is 416 g/mol. The van der Waals surface area contributed by atoms with Gasteiger partial charge in [0.25, 0.3) is 0 Å². The molecule has 166 valence electrons. The lowest BCUT2D eigenvalue weighted by atomic mass is 9.40. The minimum absolute atomic E-state index is 0.00582. The molecule has 30 heavy (non-hydrogen) atoms. The first-order valence-electron chi connectivity index (χ1n) is 11.7. The zero-order chi connectivity index (χ0) is 21.5. The van der Waals surface area contributed by atoms with Gasteiger partial charge in [0.1, 0.15) is 12.2 Å². The number of rotatable bonds is 5. The molecule has 1 spiro atoms. The maximum atomic E-state index is 11.6. The van der Waals surface area contributed by atoms with E-state index in [1.165, 1.54) is 11.1 Å². The molecule has 2 fully saturated rings. The Morgan fingerprint density at radius 2 is 2.10 bits per heavy atom. The third kappa shape index (κ3) is 2.24. The third-order valence-electron chi connectivity index (χ3n) is 9.47. The van der Waals surface area contributed by atoms with Gasteiger partial charge in [0, 0.05) is 30.0 Å². The fraction of sp³-hybridized carbons (Fsp3) is 0.760. The summed E-state index contributed by atoms with van der Waals surface area (Å²) >= 11 is 0. The van der Waals surface area contributed by atoms with Crippen LogP contribution in [0.15, 0.2) is 12.1 Å². The van der Waals surface area contributed by atoms with Crippen molar-refractivity contribution in [2.45, 2.75) is 88.6 Å². The Bertz CT molecular complexity index is 854. The molecular formula is C25H37NO4. The number of hydrogen-bond donors (Lipinski definition) is 2. The SMILES string of the molecule is CCC[C@](C)(O)C1C[C@@]2(CC)[C@@H]3Cc4ccc(O)c5c4[C@]2(CCN3C)[C@H](O5)[C@@H]1OC. The molecule has 1 aromatic rings. The smallest absolute Gasteiger partial charge is 0.165 e. The normalized spacial score (nSPS) is 41.1. The van der Waals surface area contributed by atoms with E-state index in [9.17, 15) is 10.2 Å². The molecule has 5 rings (SSSR count). The van der Waals surface area contributed by atoms with Crippen LogP contribution < -0.4 is 4.74 Å². The first kappa shape index (κ1) is 20.6. The van der Waals surface area contributed by atoms with Crippen molar-refractivity contribution in [2.75, 3.05) is 20.7 Å². The summed E-state index contributed by atoms with van der Waals surface area (Å²) in [5, 5.41) is 22.4. The number of methoxy groups -OCH3 is 1. The molecule has 4 aliphatic rings. The second-order valence-corrected chi connectivity index (χ2v) is 10.5. The van der Waals surface area contributed by atoms with Crippen molar-refractivity contribution < 1.29 is 19.7 Å². The summed E-state index contributed by atoms with van der Waals surface area (Å²) < 4.78 is 12.8. The van der Waals surface area contributed by atoms with Crippen LogP contribution in [0.3, 0.4) is 0 Å². The minimum atomic E-state index is -0.813. The molecule has 2 heterocycles. The van der Waals surface area contributed by atoms with Gasteiger partial charge >= 0.3 is 0 Å². The van der Waals surface area contributed by atoms with Crippen LogP contribution in [0.25, 0.3) is 0 Å². The number of aliphatic hydroxyl groups is 1. The summed E-state index contributed by atoms with van der Waals surface area (Å²) in [5.74, 6) is 0.912. The highest BCUT2D eigenvalue weighted by Gasteiger charge is 2.74. The van der Waals surface area contributed by atoms with E-state index in [4.69, 9.17) is 9.47 Å². The highest BCUT2D eigenvalue weighted by molar-refractivity contribution is 5.62. The van der Waals surface area contributed by atoms with Crippen molar-refractivity contribution in [3.8, 4) is 11.5 Å². The van der Waals surface area contributed by atoms with E-state index < -0.39 is 5.60 Å². The average Bonchev–Trinajstić information content (AvgIpc) is 3.07. The van der Waals surface area contributed by atoms with Gasteiger partial charge in [0.15, 0.2) is 11.5 Å². The summed E-state index contributed by atoms with van der Waals surface area (Å²) in [5.41, 5.74) is 1.58. The number of likely N-dealkylation sites (tertiary alicyclic amines) is 1. The number of ether oxygens (including phenoxy) is 2. The number of hydrogen-bond acceptors (Lipinski definition) is 5. The van der Waals surface area contributed by atoms with Gasteiger partial charge in [0.05, 0.1) is 5.60 Å². The van der Waals surface area contributed by atoms with Crippen LogP contribution in [0.4, 0.5) is 0 Å². The first-order chi connectivity index (χ1) is 14.3. The van der Waals surface area contributed by atoms with Crippen molar-refractivity contribution in [1.29, 1.82) is 0 Å². The lowest BCUT2D eigenvalue weighted by Gasteiger charge is -2.68. The molecule has 5 heteroatoms. The lowest BCUT2D eigenvalue weighted by molar-refractivity contribution is -0.219. The van der Waals surface area contributed by atoms with E-state index in [-0.39, 0.29) is 34.7 Å². The van der Waals surface area contributed by atoms with Crippen molar-refractivity contribution in [3.63, 3.8) is 0 Å². The predicted molar refractivity (Wildman–Crippen MR) is 116 cm³/mol. The summed E-state index contributed by atoms with van der Waals surface area (Å²) in [7, 11) is 4.02. The van der Waals surface area contributed by atoms with Gasteiger partial charge in [0.2, 0.25) is 0 Å². The Morgan fingerprint density at radius 3 is 2.77 bits per heavy atom. The van der Waals surface area contributed by atoms with E-state index in [0.29, 0.717) is 11.8 Å². The lowest BCUT2D eigenvalue weighted by Crippen LogP contribution is -2.75. The fourth-order valence-corrected chi connectivity index (χ4v) is 8.23. The van der Waals surface area contributed by atoms with Crippen molar-refractivity contribution >= 4 is 0 Å². The van der Waals surface area contributed by atoms with Crippen molar-refractivity contribution in [2.24, 2.45) is 11.3 Å². The Kier molecular flexibility index (Phi) is 4.53. The van der Waals surface area contributed by atoms with Crippen LogP contribution in [-0.4, -0.2) is 59.7 Å². The van der Waals surface area contributed by atoms with Crippen LogP contribution in [-0.2, 0) is 16.6 Å². The molecule has 7 atom stereocenters. The molecule has 1 unspecified atom stereocenters. The van der Waals surface area contributed by atoms with Gasteiger partial charge in [-0.15, -0.1) is 0 Å². The Morgan fingerprint density at radius 1 is 1.33 bits per heavy atom. The number of nitrogens with zero attached hydrogens (tertiary/aromatic N) is 1. The summed E-state index contributed by atoms with van der Waals surface area (Å²) in [6.45, 7) is 7.45. The van der Waals surface area contributed by atoms with Crippen LogP contribution >= 0.6 is 0 Å². The van der Waals surface area contributed by atoms with E-state index in [1.54, 1.807) is 13.2 Å². The summed E-state index contributed by atoms with van der Waals surface area (Å²) in [6, 6.07) is 4.31. The fourth-order valence-electron chi connectivity index (χ4n) is 8.23. The second kappa shape index (κ2) is 6.60. The van der Waals surface area contributed by atoms with Gasteiger partial charge in [-0.3, -0.25) is 0 Å².